The normalized spacial score (nSPS) is 16.7. The number of piperazine rings is 1. The maximum atomic E-state index is 9.99. The van der Waals surface area contributed by atoms with Crippen molar-refractivity contribution in [3.63, 3.8) is 0 Å². The molecule has 2 N–H and O–H groups in total. The van der Waals surface area contributed by atoms with Crippen LogP contribution in [0.5, 0.6) is 5.75 Å². The molecule has 0 saturated carbocycles. The van der Waals surface area contributed by atoms with E-state index < -0.39 is 0 Å². The van der Waals surface area contributed by atoms with Crippen LogP contribution in [0.2, 0.25) is 0 Å². The van der Waals surface area contributed by atoms with Crippen LogP contribution in [-0.2, 0) is 12.0 Å². The van der Waals surface area contributed by atoms with E-state index in [1.165, 1.54) is 11.3 Å². The smallest absolute Gasteiger partial charge is 0.138 e. The van der Waals surface area contributed by atoms with Crippen LogP contribution in [0.15, 0.2) is 30.5 Å². The molecule has 1 saturated heterocycles. The molecule has 0 bridgehead atoms. The fraction of sp³-hybridized carbons (Fsp3) is 0.500. The Morgan fingerprint density at radius 2 is 1.83 bits per heavy atom. The van der Waals surface area contributed by atoms with Gasteiger partial charge in [0.05, 0.1) is 11.9 Å². The van der Waals surface area contributed by atoms with E-state index in [2.05, 4.69) is 40.8 Å². The summed E-state index contributed by atoms with van der Waals surface area (Å²) in [6, 6.07) is 7.58. The molecule has 0 unspecified atom stereocenters. The number of hydrogen-bond acceptors (Lipinski definition) is 4. The summed E-state index contributed by atoms with van der Waals surface area (Å²) in [6.07, 6.45) is 1.95. The Balaban J connectivity index is 1.62. The zero-order valence-corrected chi connectivity index (χ0v) is 14.2. The van der Waals surface area contributed by atoms with Gasteiger partial charge >= 0.3 is 0 Å². The number of benzene rings is 1. The largest absolute Gasteiger partial charge is 0.506 e. The van der Waals surface area contributed by atoms with Crippen molar-refractivity contribution in [1.82, 2.24) is 15.1 Å². The Hall–Kier alpha value is -2.01. The SMILES string of the molecule is CC(C)(C)c1[nH]ncc1CN1CCN(c2ccccc2O)CC1. The summed E-state index contributed by atoms with van der Waals surface area (Å²) in [5, 5.41) is 17.4. The number of aromatic hydroxyl groups is 1. The van der Waals surface area contributed by atoms with Crippen LogP contribution in [0.25, 0.3) is 0 Å². The third-order valence-electron chi connectivity index (χ3n) is 4.46. The topological polar surface area (TPSA) is 55.4 Å². The van der Waals surface area contributed by atoms with Crippen molar-refractivity contribution in [3.8, 4) is 5.75 Å². The third kappa shape index (κ3) is 3.50. The Labute approximate surface area is 137 Å². The van der Waals surface area contributed by atoms with Gasteiger partial charge in [-0.05, 0) is 12.1 Å². The summed E-state index contributed by atoms with van der Waals surface area (Å²) in [5.41, 5.74) is 3.53. The first-order chi connectivity index (χ1) is 10.9. The van der Waals surface area contributed by atoms with Crippen LogP contribution < -0.4 is 4.90 Å². The number of nitrogens with zero attached hydrogens (tertiary/aromatic N) is 3. The molecule has 23 heavy (non-hydrogen) atoms. The van der Waals surface area contributed by atoms with Crippen molar-refractivity contribution >= 4 is 5.69 Å². The summed E-state index contributed by atoms with van der Waals surface area (Å²) >= 11 is 0. The molecule has 2 heterocycles. The summed E-state index contributed by atoms with van der Waals surface area (Å²) in [6.45, 7) is 11.4. The van der Waals surface area contributed by atoms with Gasteiger partial charge in [0, 0.05) is 49.4 Å². The molecular weight excluding hydrogens is 288 g/mol. The van der Waals surface area contributed by atoms with Crippen molar-refractivity contribution in [2.75, 3.05) is 31.1 Å². The molecule has 0 amide bonds. The van der Waals surface area contributed by atoms with Gasteiger partial charge in [-0.15, -0.1) is 0 Å². The predicted molar refractivity (Wildman–Crippen MR) is 92.9 cm³/mol. The van der Waals surface area contributed by atoms with Crippen molar-refractivity contribution in [1.29, 1.82) is 0 Å². The molecule has 0 spiro atoms. The van der Waals surface area contributed by atoms with Gasteiger partial charge in [0.25, 0.3) is 0 Å². The van der Waals surface area contributed by atoms with Gasteiger partial charge in [-0.2, -0.15) is 5.10 Å². The number of aromatic amines is 1. The summed E-state index contributed by atoms with van der Waals surface area (Å²) in [7, 11) is 0. The van der Waals surface area contributed by atoms with E-state index in [9.17, 15) is 5.11 Å². The van der Waals surface area contributed by atoms with Crippen LogP contribution in [0.1, 0.15) is 32.0 Å². The number of H-pyrrole nitrogens is 1. The van der Waals surface area contributed by atoms with E-state index in [1.54, 1.807) is 6.07 Å². The highest BCUT2D eigenvalue weighted by Gasteiger charge is 2.24. The van der Waals surface area contributed by atoms with Gasteiger partial charge in [0.15, 0.2) is 0 Å². The molecule has 5 heteroatoms. The van der Waals surface area contributed by atoms with Gasteiger partial charge in [-0.1, -0.05) is 32.9 Å². The zero-order valence-electron chi connectivity index (χ0n) is 14.2. The Kier molecular flexibility index (Phi) is 4.31. The molecule has 124 valence electrons. The molecule has 0 radical (unpaired) electrons. The maximum Gasteiger partial charge on any atom is 0.138 e. The van der Waals surface area contributed by atoms with Crippen LogP contribution >= 0.6 is 0 Å². The average Bonchev–Trinajstić information content (AvgIpc) is 2.97. The van der Waals surface area contributed by atoms with Gasteiger partial charge in [0.1, 0.15) is 5.75 Å². The zero-order chi connectivity index (χ0) is 16.4. The minimum Gasteiger partial charge on any atom is -0.506 e. The summed E-state index contributed by atoms with van der Waals surface area (Å²) in [5.74, 6) is 0.366. The lowest BCUT2D eigenvalue weighted by molar-refractivity contribution is 0.247. The van der Waals surface area contributed by atoms with E-state index in [1.807, 2.05) is 24.4 Å². The standard InChI is InChI=1S/C18H26N4O/c1-18(2,3)17-14(12-19-20-17)13-21-8-10-22(11-9-21)15-6-4-5-7-16(15)23/h4-7,12,23H,8-11,13H2,1-3H3,(H,19,20). The molecule has 1 aromatic heterocycles. The quantitative estimate of drug-likeness (QED) is 0.914. The van der Waals surface area contributed by atoms with Gasteiger partial charge in [0.2, 0.25) is 0 Å². The molecule has 1 fully saturated rings. The maximum absolute atomic E-state index is 9.99. The number of hydrogen-bond donors (Lipinski definition) is 2. The second-order valence-electron chi connectivity index (χ2n) is 7.27. The molecule has 0 atom stereocenters. The number of rotatable bonds is 3. The number of para-hydroxylation sites is 2. The van der Waals surface area contributed by atoms with E-state index >= 15 is 0 Å². The molecule has 1 aliphatic rings. The lowest BCUT2D eigenvalue weighted by Crippen LogP contribution is -2.46. The molecule has 3 rings (SSSR count). The molecule has 5 nitrogen and oxygen atoms in total. The van der Waals surface area contributed by atoms with Crippen molar-refractivity contribution in [3.05, 3.63) is 41.7 Å². The first-order valence-electron chi connectivity index (χ1n) is 8.23. The highest BCUT2D eigenvalue weighted by atomic mass is 16.3. The third-order valence-corrected chi connectivity index (χ3v) is 4.46. The summed E-state index contributed by atoms with van der Waals surface area (Å²) < 4.78 is 0. The van der Waals surface area contributed by atoms with Crippen LogP contribution in [0, 0.1) is 0 Å². The van der Waals surface area contributed by atoms with Crippen molar-refractivity contribution < 1.29 is 5.11 Å². The molecule has 0 aliphatic carbocycles. The number of nitrogens with one attached hydrogen (secondary N) is 1. The van der Waals surface area contributed by atoms with E-state index in [0.29, 0.717) is 5.75 Å². The lowest BCUT2D eigenvalue weighted by atomic mass is 9.89. The fourth-order valence-electron chi connectivity index (χ4n) is 3.20. The predicted octanol–water partition coefficient (Wildman–Crippen LogP) is 2.74. The fourth-order valence-corrected chi connectivity index (χ4v) is 3.20. The van der Waals surface area contributed by atoms with E-state index in [0.717, 1.165) is 38.4 Å². The average molecular weight is 314 g/mol. The number of aromatic nitrogens is 2. The van der Waals surface area contributed by atoms with Crippen LogP contribution in [0.4, 0.5) is 5.69 Å². The van der Waals surface area contributed by atoms with Gasteiger partial charge in [-0.3, -0.25) is 10.00 Å². The van der Waals surface area contributed by atoms with E-state index in [4.69, 9.17) is 0 Å². The first kappa shape index (κ1) is 15.9. The Morgan fingerprint density at radius 1 is 1.13 bits per heavy atom. The molecule has 2 aromatic rings. The van der Waals surface area contributed by atoms with E-state index in [-0.39, 0.29) is 5.41 Å². The minimum atomic E-state index is 0.0868. The first-order valence-corrected chi connectivity index (χ1v) is 8.23. The van der Waals surface area contributed by atoms with Crippen LogP contribution in [-0.4, -0.2) is 46.4 Å². The monoisotopic (exact) mass is 314 g/mol. The molecule has 1 aliphatic heterocycles. The minimum absolute atomic E-state index is 0.0868. The second-order valence-corrected chi connectivity index (χ2v) is 7.27. The molecular formula is C18H26N4O. The van der Waals surface area contributed by atoms with Gasteiger partial charge < -0.3 is 10.0 Å². The number of anilines is 1. The highest BCUT2D eigenvalue weighted by molar-refractivity contribution is 5.57. The van der Waals surface area contributed by atoms with Crippen molar-refractivity contribution in [2.24, 2.45) is 0 Å². The van der Waals surface area contributed by atoms with Crippen LogP contribution in [0.3, 0.4) is 0 Å². The Morgan fingerprint density at radius 3 is 2.48 bits per heavy atom. The number of phenols is 1. The second kappa shape index (κ2) is 6.24. The highest BCUT2D eigenvalue weighted by Crippen LogP contribution is 2.28. The number of phenolic OH excluding ortho intramolecular Hbond substituents is 1. The lowest BCUT2D eigenvalue weighted by Gasteiger charge is -2.36. The Bertz CT molecular complexity index is 651. The van der Waals surface area contributed by atoms with Crippen molar-refractivity contribution in [2.45, 2.75) is 32.7 Å². The summed E-state index contributed by atoms with van der Waals surface area (Å²) in [4.78, 5) is 4.71. The van der Waals surface area contributed by atoms with Gasteiger partial charge in [-0.25, -0.2) is 0 Å². The molecule has 1 aromatic carbocycles.